The van der Waals surface area contributed by atoms with E-state index in [1.807, 2.05) is 13.0 Å². The molecule has 0 aromatic heterocycles. The summed E-state index contributed by atoms with van der Waals surface area (Å²) in [6.07, 6.45) is 0. The van der Waals surface area contributed by atoms with E-state index in [0.717, 1.165) is 11.1 Å². The van der Waals surface area contributed by atoms with Gasteiger partial charge in [-0.15, -0.1) is 0 Å². The Morgan fingerprint density at radius 1 is 1.30 bits per heavy atom. The molecule has 0 aliphatic rings. The molecule has 2 aromatic carbocycles. The second kappa shape index (κ2) is 5.92. The molecule has 2 aromatic rings. The van der Waals surface area contributed by atoms with Gasteiger partial charge in [0, 0.05) is 12.2 Å². The van der Waals surface area contributed by atoms with Gasteiger partial charge >= 0.3 is 5.97 Å². The second-order valence-corrected chi connectivity index (χ2v) is 4.86. The summed E-state index contributed by atoms with van der Waals surface area (Å²) in [6, 6.07) is 9.53. The average Bonchev–Trinajstić information content (AvgIpc) is 2.41. The number of benzene rings is 2. The highest BCUT2D eigenvalue weighted by atomic mass is 35.5. The fourth-order valence-electron chi connectivity index (χ4n) is 1.84. The molecule has 0 saturated carbocycles. The smallest absolute Gasteiger partial charge is 0.337 e. The summed E-state index contributed by atoms with van der Waals surface area (Å²) in [7, 11) is 0. The highest BCUT2D eigenvalue weighted by Gasteiger charge is 2.10. The van der Waals surface area contributed by atoms with E-state index >= 15 is 0 Å². The minimum Gasteiger partial charge on any atom is -0.478 e. The zero-order chi connectivity index (χ0) is 14.7. The maximum Gasteiger partial charge on any atom is 0.337 e. The summed E-state index contributed by atoms with van der Waals surface area (Å²) >= 11 is 5.70. The van der Waals surface area contributed by atoms with E-state index in [-0.39, 0.29) is 10.6 Å². The Kier molecular flexibility index (Phi) is 4.25. The fraction of sp³-hybridized carbons (Fsp3) is 0.133. The zero-order valence-corrected chi connectivity index (χ0v) is 11.5. The molecule has 3 nitrogen and oxygen atoms in total. The van der Waals surface area contributed by atoms with E-state index in [4.69, 9.17) is 16.7 Å². The molecule has 0 atom stereocenters. The molecular formula is C15H13ClFNO2. The predicted octanol–water partition coefficient (Wildman–Crippen LogP) is 4.10. The Balaban J connectivity index is 2.18. The Morgan fingerprint density at radius 3 is 2.70 bits per heavy atom. The van der Waals surface area contributed by atoms with Crippen molar-refractivity contribution >= 4 is 23.3 Å². The van der Waals surface area contributed by atoms with Gasteiger partial charge in [0.1, 0.15) is 5.82 Å². The van der Waals surface area contributed by atoms with Gasteiger partial charge in [-0.25, -0.2) is 9.18 Å². The van der Waals surface area contributed by atoms with Gasteiger partial charge in [0.05, 0.1) is 10.6 Å². The third-order valence-electron chi connectivity index (χ3n) is 2.87. The number of aromatic carboxylic acids is 1. The van der Waals surface area contributed by atoms with Crippen molar-refractivity contribution in [2.24, 2.45) is 0 Å². The molecule has 2 N–H and O–H groups in total. The lowest BCUT2D eigenvalue weighted by Crippen LogP contribution is -2.06. The molecular weight excluding hydrogens is 281 g/mol. The lowest BCUT2D eigenvalue weighted by atomic mass is 10.1. The van der Waals surface area contributed by atoms with Gasteiger partial charge in [0.15, 0.2) is 0 Å². The molecule has 0 saturated heterocycles. The Bertz CT molecular complexity index is 658. The van der Waals surface area contributed by atoms with Gasteiger partial charge in [-0.2, -0.15) is 0 Å². The van der Waals surface area contributed by atoms with Crippen molar-refractivity contribution in [2.45, 2.75) is 13.5 Å². The van der Waals surface area contributed by atoms with Crippen LogP contribution < -0.4 is 5.32 Å². The van der Waals surface area contributed by atoms with Crippen molar-refractivity contribution in [1.29, 1.82) is 0 Å². The van der Waals surface area contributed by atoms with Crippen LogP contribution in [0, 0.1) is 12.7 Å². The molecule has 0 heterocycles. The van der Waals surface area contributed by atoms with Gasteiger partial charge < -0.3 is 10.4 Å². The first kappa shape index (κ1) is 14.3. The normalized spacial score (nSPS) is 10.3. The molecule has 0 aliphatic heterocycles. The van der Waals surface area contributed by atoms with E-state index in [0.29, 0.717) is 12.2 Å². The van der Waals surface area contributed by atoms with Crippen LogP contribution in [0.3, 0.4) is 0 Å². The number of rotatable bonds is 4. The monoisotopic (exact) mass is 293 g/mol. The van der Waals surface area contributed by atoms with Crippen molar-refractivity contribution in [1.82, 2.24) is 0 Å². The lowest BCUT2D eigenvalue weighted by Gasteiger charge is -2.11. The summed E-state index contributed by atoms with van der Waals surface area (Å²) < 4.78 is 13.0. The maximum atomic E-state index is 13.0. The molecule has 0 spiro atoms. The van der Waals surface area contributed by atoms with Crippen LogP contribution in [0.25, 0.3) is 0 Å². The van der Waals surface area contributed by atoms with Gasteiger partial charge in [-0.1, -0.05) is 29.3 Å². The standard InChI is InChI=1S/C15H13ClFNO2/c1-9-2-5-14(11(6-9)15(19)20)18-8-10-3-4-13(17)12(16)7-10/h2-7,18H,8H2,1H3,(H,19,20). The van der Waals surface area contributed by atoms with Crippen LogP contribution in [0.4, 0.5) is 10.1 Å². The van der Waals surface area contributed by atoms with E-state index in [2.05, 4.69) is 5.32 Å². The Hall–Kier alpha value is -2.07. The quantitative estimate of drug-likeness (QED) is 0.892. The van der Waals surface area contributed by atoms with Crippen molar-refractivity contribution < 1.29 is 14.3 Å². The highest BCUT2D eigenvalue weighted by Crippen LogP contribution is 2.20. The molecule has 104 valence electrons. The number of halogens is 2. The summed E-state index contributed by atoms with van der Waals surface area (Å²) in [5.41, 5.74) is 2.37. The zero-order valence-electron chi connectivity index (χ0n) is 10.8. The number of anilines is 1. The molecule has 0 bridgehead atoms. The largest absolute Gasteiger partial charge is 0.478 e. The third-order valence-corrected chi connectivity index (χ3v) is 3.16. The van der Waals surface area contributed by atoms with Crippen LogP contribution in [0.1, 0.15) is 21.5 Å². The summed E-state index contributed by atoms with van der Waals surface area (Å²) in [4.78, 5) is 11.2. The van der Waals surface area contributed by atoms with E-state index in [9.17, 15) is 9.18 Å². The van der Waals surface area contributed by atoms with Gasteiger partial charge in [0.25, 0.3) is 0 Å². The van der Waals surface area contributed by atoms with Crippen LogP contribution in [0.15, 0.2) is 36.4 Å². The molecule has 0 amide bonds. The average molecular weight is 294 g/mol. The minimum atomic E-state index is -0.992. The molecule has 20 heavy (non-hydrogen) atoms. The number of hydrogen-bond acceptors (Lipinski definition) is 2. The minimum absolute atomic E-state index is 0.0478. The lowest BCUT2D eigenvalue weighted by molar-refractivity contribution is 0.0698. The van der Waals surface area contributed by atoms with Gasteiger partial charge in [0.2, 0.25) is 0 Å². The maximum absolute atomic E-state index is 13.0. The summed E-state index contributed by atoms with van der Waals surface area (Å²) in [6.45, 7) is 2.19. The van der Waals surface area contributed by atoms with E-state index in [1.54, 1.807) is 18.2 Å². The van der Waals surface area contributed by atoms with Crippen molar-refractivity contribution in [3.8, 4) is 0 Å². The fourth-order valence-corrected chi connectivity index (χ4v) is 2.04. The first-order chi connectivity index (χ1) is 9.47. The van der Waals surface area contributed by atoms with Crippen LogP contribution in [-0.2, 0) is 6.54 Å². The molecule has 2 rings (SSSR count). The highest BCUT2D eigenvalue weighted by molar-refractivity contribution is 6.30. The number of carboxylic acids is 1. The van der Waals surface area contributed by atoms with Crippen LogP contribution in [-0.4, -0.2) is 11.1 Å². The van der Waals surface area contributed by atoms with Crippen LogP contribution in [0.2, 0.25) is 5.02 Å². The van der Waals surface area contributed by atoms with Crippen molar-refractivity contribution in [2.75, 3.05) is 5.32 Å². The van der Waals surface area contributed by atoms with E-state index in [1.165, 1.54) is 12.1 Å². The van der Waals surface area contributed by atoms with E-state index < -0.39 is 11.8 Å². The van der Waals surface area contributed by atoms with Gasteiger partial charge in [-0.05, 0) is 36.8 Å². The first-order valence-corrected chi connectivity index (χ1v) is 6.37. The molecule has 0 radical (unpaired) electrons. The number of carboxylic acid groups (broad SMARTS) is 1. The van der Waals surface area contributed by atoms with Crippen molar-refractivity contribution in [3.05, 3.63) is 63.9 Å². The number of aryl methyl sites for hydroxylation is 1. The molecule has 0 unspecified atom stereocenters. The molecule has 0 fully saturated rings. The Labute approximate surface area is 121 Å². The Morgan fingerprint density at radius 2 is 2.05 bits per heavy atom. The first-order valence-electron chi connectivity index (χ1n) is 5.99. The second-order valence-electron chi connectivity index (χ2n) is 4.46. The number of carbonyl (C=O) groups is 1. The third kappa shape index (κ3) is 3.27. The number of hydrogen-bond donors (Lipinski definition) is 2. The topological polar surface area (TPSA) is 49.3 Å². The van der Waals surface area contributed by atoms with Crippen molar-refractivity contribution in [3.63, 3.8) is 0 Å². The molecule has 5 heteroatoms. The summed E-state index contributed by atoms with van der Waals surface area (Å²) in [5.74, 6) is -1.47. The molecule has 0 aliphatic carbocycles. The van der Waals surface area contributed by atoms with Crippen LogP contribution in [0.5, 0.6) is 0 Å². The SMILES string of the molecule is Cc1ccc(NCc2ccc(F)c(Cl)c2)c(C(=O)O)c1. The van der Waals surface area contributed by atoms with Gasteiger partial charge in [-0.3, -0.25) is 0 Å². The predicted molar refractivity (Wildman–Crippen MR) is 76.9 cm³/mol. The van der Waals surface area contributed by atoms with Crippen LogP contribution >= 0.6 is 11.6 Å². The summed E-state index contributed by atoms with van der Waals surface area (Å²) in [5, 5.41) is 12.2. The number of nitrogens with one attached hydrogen (secondary N) is 1.